The van der Waals surface area contributed by atoms with Gasteiger partial charge in [0.25, 0.3) is 0 Å². The number of unbranched alkanes of at least 4 members (excludes halogenated alkanes) is 1. The molecule has 2 aromatic rings. The molecule has 0 radical (unpaired) electrons. The summed E-state index contributed by atoms with van der Waals surface area (Å²) in [6, 6.07) is 8.56. The lowest BCUT2D eigenvalue weighted by Crippen LogP contribution is -2.11. The fourth-order valence-electron chi connectivity index (χ4n) is 2.17. The first-order chi connectivity index (χ1) is 7.74. The highest BCUT2D eigenvalue weighted by Gasteiger charge is 2.11. The zero-order valence-corrected chi connectivity index (χ0v) is 10.4. The van der Waals surface area contributed by atoms with E-state index in [4.69, 9.17) is 0 Å². The third kappa shape index (κ3) is 1.92. The molecule has 0 fully saturated rings. The molecule has 0 atom stereocenters. The Kier molecular flexibility index (Phi) is 3.18. The molecule has 16 heavy (non-hydrogen) atoms. The van der Waals surface area contributed by atoms with Crippen LogP contribution in [0.4, 0.5) is 5.82 Å². The average molecular weight is 216 g/mol. The molecular formula is C14H20N2. The van der Waals surface area contributed by atoms with Crippen LogP contribution in [0, 0.1) is 0 Å². The number of aryl methyl sites for hydroxylation is 1. The predicted octanol–water partition coefficient (Wildman–Crippen LogP) is 3.58. The number of H-pyrrole nitrogens is 1. The first kappa shape index (κ1) is 11.1. The van der Waals surface area contributed by atoms with E-state index in [1.807, 2.05) is 0 Å². The predicted molar refractivity (Wildman–Crippen MR) is 71.2 cm³/mol. The number of rotatable bonds is 4. The second-order valence-corrected chi connectivity index (χ2v) is 4.50. The topological polar surface area (TPSA) is 19.0 Å². The third-order valence-electron chi connectivity index (χ3n) is 3.02. The van der Waals surface area contributed by atoms with E-state index in [0.29, 0.717) is 0 Å². The highest BCUT2D eigenvalue weighted by atomic mass is 15.1. The lowest BCUT2D eigenvalue weighted by Gasteiger charge is -2.12. The summed E-state index contributed by atoms with van der Waals surface area (Å²) in [6.45, 7) is 2.24. The first-order valence-corrected chi connectivity index (χ1v) is 6.01. The van der Waals surface area contributed by atoms with E-state index in [2.05, 4.69) is 55.2 Å². The smallest absolute Gasteiger partial charge is 0.109 e. The Bertz CT molecular complexity index is 469. The van der Waals surface area contributed by atoms with Crippen molar-refractivity contribution in [1.82, 2.24) is 4.98 Å². The molecule has 0 aliphatic heterocycles. The molecule has 0 saturated carbocycles. The molecule has 0 bridgehead atoms. The molecule has 0 aliphatic rings. The number of nitrogens with one attached hydrogen (secondary N) is 1. The number of hydrogen-bond donors (Lipinski definition) is 1. The van der Waals surface area contributed by atoms with Crippen LogP contribution in [-0.4, -0.2) is 19.1 Å². The van der Waals surface area contributed by atoms with E-state index < -0.39 is 0 Å². The monoisotopic (exact) mass is 216 g/mol. The van der Waals surface area contributed by atoms with Gasteiger partial charge in [-0.1, -0.05) is 31.5 Å². The van der Waals surface area contributed by atoms with E-state index in [1.54, 1.807) is 0 Å². The quantitative estimate of drug-likeness (QED) is 0.827. The summed E-state index contributed by atoms with van der Waals surface area (Å²) in [4.78, 5) is 5.67. The molecule has 2 nitrogen and oxygen atoms in total. The van der Waals surface area contributed by atoms with E-state index in [1.165, 1.54) is 35.1 Å². The standard InChI is InChI=1S/C14H20N2/c1-4-5-8-12-11-9-6-7-10-13(11)15-14(12)16(2)3/h6-7,9-10,15H,4-5,8H2,1-3H3. The molecule has 1 heterocycles. The first-order valence-electron chi connectivity index (χ1n) is 6.01. The van der Waals surface area contributed by atoms with Gasteiger partial charge in [-0.3, -0.25) is 0 Å². The van der Waals surface area contributed by atoms with Crippen molar-refractivity contribution in [3.05, 3.63) is 29.8 Å². The van der Waals surface area contributed by atoms with Gasteiger partial charge in [-0.05, 0) is 18.9 Å². The zero-order chi connectivity index (χ0) is 11.5. The lowest BCUT2D eigenvalue weighted by atomic mass is 10.1. The number of benzene rings is 1. The zero-order valence-electron chi connectivity index (χ0n) is 10.4. The summed E-state index contributed by atoms with van der Waals surface area (Å²) in [5.74, 6) is 1.26. The van der Waals surface area contributed by atoms with Crippen LogP contribution >= 0.6 is 0 Å². The minimum atomic E-state index is 1.16. The molecule has 1 aromatic heterocycles. The van der Waals surface area contributed by atoms with E-state index in [-0.39, 0.29) is 0 Å². The molecule has 0 aliphatic carbocycles. The van der Waals surface area contributed by atoms with E-state index >= 15 is 0 Å². The molecule has 0 amide bonds. The average Bonchev–Trinajstić information content (AvgIpc) is 2.65. The Labute approximate surface area is 97.3 Å². The van der Waals surface area contributed by atoms with Crippen molar-refractivity contribution in [3.63, 3.8) is 0 Å². The summed E-state index contributed by atoms with van der Waals surface area (Å²) >= 11 is 0. The third-order valence-corrected chi connectivity index (χ3v) is 3.02. The highest BCUT2D eigenvalue weighted by molar-refractivity contribution is 5.88. The van der Waals surface area contributed by atoms with Gasteiger partial charge in [0.05, 0.1) is 0 Å². The Hall–Kier alpha value is -1.44. The molecule has 0 unspecified atom stereocenters. The minimum absolute atomic E-state index is 1.16. The van der Waals surface area contributed by atoms with Crippen LogP contribution in [0.1, 0.15) is 25.3 Å². The molecular weight excluding hydrogens is 196 g/mol. The summed E-state index contributed by atoms with van der Waals surface area (Å²) < 4.78 is 0. The van der Waals surface area contributed by atoms with Crippen LogP contribution in [-0.2, 0) is 6.42 Å². The van der Waals surface area contributed by atoms with Gasteiger partial charge < -0.3 is 9.88 Å². The van der Waals surface area contributed by atoms with Gasteiger partial charge in [0, 0.05) is 30.6 Å². The maximum absolute atomic E-state index is 3.50. The van der Waals surface area contributed by atoms with Crippen molar-refractivity contribution in [2.24, 2.45) is 0 Å². The Morgan fingerprint density at radius 1 is 1.19 bits per heavy atom. The Morgan fingerprint density at radius 3 is 2.62 bits per heavy atom. The number of anilines is 1. The van der Waals surface area contributed by atoms with Crippen molar-refractivity contribution >= 4 is 16.7 Å². The summed E-state index contributed by atoms with van der Waals surface area (Å²) in [6.07, 6.45) is 3.66. The summed E-state index contributed by atoms with van der Waals surface area (Å²) in [5, 5.41) is 1.37. The van der Waals surface area contributed by atoms with Crippen molar-refractivity contribution in [1.29, 1.82) is 0 Å². The second-order valence-electron chi connectivity index (χ2n) is 4.50. The number of hydrogen-bond acceptors (Lipinski definition) is 1. The molecule has 1 N–H and O–H groups in total. The van der Waals surface area contributed by atoms with Crippen molar-refractivity contribution in [2.75, 3.05) is 19.0 Å². The number of nitrogens with zero attached hydrogens (tertiary/aromatic N) is 1. The van der Waals surface area contributed by atoms with Gasteiger partial charge in [-0.2, -0.15) is 0 Å². The molecule has 2 heteroatoms. The molecule has 86 valence electrons. The van der Waals surface area contributed by atoms with Crippen molar-refractivity contribution < 1.29 is 0 Å². The number of aromatic nitrogens is 1. The molecule has 2 rings (SSSR count). The number of para-hydroxylation sites is 1. The van der Waals surface area contributed by atoms with Crippen LogP contribution in [0.5, 0.6) is 0 Å². The van der Waals surface area contributed by atoms with Crippen LogP contribution in [0.15, 0.2) is 24.3 Å². The minimum Gasteiger partial charge on any atom is -0.364 e. The van der Waals surface area contributed by atoms with Gasteiger partial charge >= 0.3 is 0 Å². The number of aromatic amines is 1. The van der Waals surface area contributed by atoms with Gasteiger partial charge in [-0.25, -0.2) is 0 Å². The molecule has 0 spiro atoms. The van der Waals surface area contributed by atoms with E-state index in [9.17, 15) is 0 Å². The maximum atomic E-state index is 3.50. The van der Waals surface area contributed by atoms with Crippen LogP contribution < -0.4 is 4.90 Å². The Balaban J connectivity index is 2.51. The fraction of sp³-hybridized carbons (Fsp3) is 0.429. The normalized spacial score (nSPS) is 10.9. The Morgan fingerprint density at radius 2 is 1.94 bits per heavy atom. The van der Waals surface area contributed by atoms with Crippen LogP contribution in [0.25, 0.3) is 10.9 Å². The van der Waals surface area contributed by atoms with Gasteiger partial charge in [0.15, 0.2) is 0 Å². The largest absolute Gasteiger partial charge is 0.364 e. The maximum Gasteiger partial charge on any atom is 0.109 e. The lowest BCUT2D eigenvalue weighted by molar-refractivity contribution is 0.796. The van der Waals surface area contributed by atoms with Crippen molar-refractivity contribution in [3.8, 4) is 0 Å². The fourth-order valence-corrected chi connectivity index (χ4v) is 2.17. The van der Waals surface area contributed by atoms with Crippen LogP contribution in [0.2, 0.25) is 0 Å². The summed E-state index contributed by atoms with van der Waals surface area (Å²) in [5.41, 5.74) is 2.71. The SMILES string of the molecule is CCCCc1c(N(C)C)[nH]c2ccccc12. The van der Waals surface area contributed by atoms with E-state index in [0.717, 1.165) is 6.42 Å². The number of fused-ring (bicyclic) bond motifs is 1. The van der Waals surface area contributed by atoms with Crippen molar-refractivity contribution in [2.45, 2.75) is 26.2 Å². The second kappa shape index (κ2) is 4.60. The summed E-state index contributed by atoms with van der Waals surface area (Å²) in [7, 11) is 4.19. The van der Waals surface area contributed by atoms with Gasteiger partial charge in [-0.15, -0.1) is 0 Å². The van der Waals surface area contributed by atoms with Crippen LogP contribution in [0.3, 0.4) is 0 Å². The van der Waals surface area contributed by atoms with Gasteiger partial charge in [0.2, 0.25) is 0 Å². The van der Waals surface area contributed by atoms with Gasteiger partial charge in [0.1, 0.15) is 5.82 Å². The molecule has 0 saturated heterocycles. The highest BCUT2D eigenvalue weighted by Crippen LogP contribution is 2.29. The molecule has 1 aromatic carbocycles.